The monoisotopic (exact) mass is 207 g/mol. The summed E-state index contributed by atoms with van der Waals surface area (Å²) < 4.78 is 10.2. The van der Waals surface area contributed by atoms with E-state index in [1.165, 1.54) is 0 Å². The van der Waals surface area contributed by atoms with Gasteiger partial charge < -0.3 is 14.6 Å². The number of rotatable bonds is 5. The first-order valence-corrected chi connectivity index (χ1v) is 4.57. The van der Waals surface area contributed by atoms with Crippen molar-refractivity contribution < 1.29 is 14.6 Å². The maximum Gasteiger partial charge on any atom is 0.125 e. The Morgan fingerprint density at radius 3 is 2.80 bits per heavy atom. The number of ether oxygens (including phenoxy) is 2. The van der Waals surface area contributed by atoms with Gasteiger partial charge in [-0.1, -0.05) is 0 Å². The zero-order valence-corrected chi connectivity index (χ0v) is 8.56. The lowest BCUT2D eigenvalue weighted by molar-refractivity contribution is 0.144. The fourth-order valence-corrected chi connectivity index (χ4v) is 1.15. The van der Waals surface area contributed by atoms with E-state index in [4.69, 9.17) is 19.8 Å². The topological polar surface area (TPSA) is 62.5 Å². The Hall–Kier alpha value is -1.57. The van der Waals surface area contributed by atoms with Gasteiger partial charge in [-0.15, -0.1) is 0 Å². The van der Waals surface area contributed by atoms with Crippen molar-refractivity contribution in [2.24, 2.45) is 0 Å². The molecule has 0 saturated heterocycles. The predicted molar refractivity (Wildman–Crippen MR) is 54.5 cm³/mol. The Morgan fingerprint density at radius 1 is 1.40 bits per heavy atom. The SMILES string of the molecule is COCCOc1ccc(C#N)cc1CO. The van der Waals surface area contributed by atoms with Gasteiger partial charge in [-0.2, -0.15) is 5.26 Å². The molecule has 1 aromatic rings. The van der Waals surface area contributed by atoms with E-state index < -0.39 is 0 Å². The van der Waals surface area contributed by atoms with Gasteiger partial charge in [0.15, 0.2) is 0 Å². The number of hydrogen-bond donors (Lipinski definition) is 1. The summed E-state index contributed by atoms with van der Waals surface area (Å²) >= 11 is 0. The summed E-state index contributed by atoms with van der Waals surface area (Å²) in [6, 6.07) is 6.95. The van der Waals surface area contributed by atoms with Crippen LogP contribution in [0.5, 0.6) is 5.75 Å². The van der Waals surface area contributed by atoms with E-state index in [-0.39, 0.29) is 6.61 Å². The smallest absolute Gasteiger partial charge is 0.125 e. The Kier molecular flexibility index (Phi) is 4.61. The molecule has 0 saturated carbocycles. The van der Waals surface area contributed by atoms with E-state index in [0.717, 1.165) is 0 Å². The first-order chi connectivity index (χ1) is 7.31. The van der Waals surface area contributed by atoms with Gasteiger partial charge in [-0.3, -0.25) is 0 Å². The van der Waals surface area contributed by atoms with Crippen LogP contribution in [0.15, 0.2) is 18.2 Å². The van der Waals surface area contributed by atoms with Gasteiger partial charge in [0, 0.05) is 12.7 Å². The zero-order chi connectivity index (χ0) is 11.1. The minimum absolute atomic E-state index is 0.141. The van der Waals surface area contributed by atoms with E-state index in [9.17, 15) is 0 Å². The van der Waals surface area contributed by atoms with Crippen LogP contribution in [0.25, 0.3) is 0 Å². The normalized spacial score (nSPS) is 9.67. The molecule has 1 rings (SSSR count). The lowest BCUT2D eigenvalue weighted by atomic mass is 10.1. The number of aliphatic hydroxyl groups is 1. The van der Waals surface area contributed by atoms with Crippen molar-refractivity contribution in [2.75, 3.05) is 20.3 Å². The van der Waals surface area contributed by atoms with Crippen LogP contribution in [0.3, 0.4) is 0 Å². The molecule has 0 aliphatic carbocycles. The summed E-state index contributed by atoms with van der Waals surface area (Å²) in [6.07, 6.45) is 0. The van der Waals surface area contributed by atoms with E-state index in [1.54, 1.807) is 25.3 Å². The molecular weight excluding hydrogens is 194 g/mol. The standard InChI is InChI=1S/C11H13NO3/c1-14-4-5-15-11-3-2-9(7-12)6-10(11)8-13/h2-3,6,13H,4-5,8H2,1H3. The molecule has 80 valence electrons. The third-order valence-corrected chi connectivity index (χ3v) is 1.90. The van der Waals surface area contributed by atoms with Gasteiger partial charge in [0.25, 0.3) is 0 Å². The molecule has 1 aromatic carbocycles. The summed E-state index contributed by atoms with van der Waals surface area (Å²) in [5.74, 6) is 0.591. The second kappa shape index (κ2) is 6.02. The zero-order valence-electron chi connectivity index (χ0n) is 8.56. The van der Waals surface area contributed by atoms with Crippen molar-refractivity contribution in [3.05, 3.63) is 29.3 Å². The molecule has 0 bridgehead atoms. The Balaban J connectivity index is 2.75. The summed E-state index contributed by atoms with van der Waals surface area (Å²) in [5, 5.41) is 17.7. The fraction of sp³-hybridized carbons (Fsp3) is 0.364. The summed E-state index contributed by atoms with van der Waals surface area (Å²) in [5.41, 5.74) is 1.13. The highest BCUT2D eigenvalue weighted by atomic mass is 16.5. The molecule has 0 fully saturated rings. The summed E-state index contributed by atoms with van der Waals surface area (Å²) in [7, 11) is 1.59. The molecule has 0 aliphatic heterocycles. The number of nitriles is 1. The molecule has 0 radical (unpaired) electrons. The molecule has 0 heterocycles. The van der Waals surface area contributed by atoms with E-state index in [0.29, 0.717) is 30.1 Å². The van der Waals surface area contributed by atoms with Crippen LogP contribution in [-0.4, -0.2) is 25.4 Å². The molecule has 4 nitrogen and oxygen atoms in total. The van der Waals surface area contributed by atoms with Crippen molar-refractivity contribution >= 4 is 0 Å². The van der Waals surface area contributed by atoms with Crippen LogP contribution in [0.1, 0.15) is 11.1 Å². The number of nitrogens with zero attached hydrogens (tertiary/aromatic N) is 1. The molecule has 15 heavy (non-hydrogen) atoms. The maximum absolute atomic E-state index is 9.07. The largest absolute Gasteiger partial charge is 0.491 e. The van der Waals surface area contributed by atoms with E-state index >= 15 is 0 Å². The first-order valence-electron chi connectivity index (χ1n) is 4.57. The average Bonchev–Trinajstić information content (AvgIpc) is 2.29. The Bertz CT molecular complexity index is 357. The molecule has 4 heteroatoms. The molecular formula is C11H13NO3. The van der Waals surface area contributed by atoms with Crippen molar-refractivity contribution in [1.82, 2.24) is 0 Å². The quantitative estimate of drug-likeness (QED) is 0.734. The highest BCUT2D eigenvalue weighted by molar-refractivity contribution is 5.41. The molecule has 0 unspecified atom stereocenters. The lowest BCUT2D eigenvalue weighted by Crippen LogP contribution is -2.06. The van der Waals surface area contributed by atoms with Crippen LogP contribution in [0, 0.1) is 11.3 Å². The number of benzene rings is 1. The average molecular weight is 207 g/mol. The molecule has 0 aromatic heterocycles. The number of hydrogen-bond acceptors (Lipinski definition) is 4. The highest BCUT2D eigenvalue weighted by Crippen LogP contribution is 2.19. The van der Waals surface area contributed by atoms with Crippen molar-refractivity contribution in [1.29, 1.82) is 5.26 Å². The molecule has 0 spiro atoms. The van der Waals surface area contributed by atoms with Gasteiger partial charge in [-0.05, 0) is 18.2 Å². The van der Waals surface area contributed by atoms with Gasteiger partial charge in [-0.25, -0.2) is 0 Å². The van der Waals surface area contributed by atoms with Gasteiger partial charge in [0.05, 0.1) is 24.8 Å². The van der Waals surface area contributed by atoms with E-state index in [2.05, 4.69) is 0 Å². The third-order valence-electron chi connectivity index (χ3n) is 1.90. The molecule has 0 aliphatic rings. The van der Waals surface area contributed by atoms with E-state index in [1.807, 2.05) is 6.07 Å². The lowest BCUT2D eigenvalue weighted by Gasteiger charge is -2.09. The molecule has 1 N–H and O–H groups in total. The van der Waals surface area contributed by atoms with Crippen molar-refractivity contribution in [2.45, 2.75) is 6.61 Å². The van der Waals surface area contributed by atoms with Crippen LogP contribution in [0.4, 0.5) is 0 Å². The number of methoxy groups -OCH3 is 1. The first kappa shape index (κ1) is 11.5. The van der Waals surface area contributed by atoms with Gasteiger partial charge in [0.2, 0.25) is 0 Å². The minimum Gasteiger partial charge on any atom is -0.491 e. The van der Waals surface area contributed by atoms with Crippen LogP contribution in [0.2, 0.25) is 0 Å². The predicted octanol–water partition coefficient (Wildman–Crippen LogP) is 1.08. The summed E-state index contributed by atoms with van der Waals surface area (Å²) in [6.45, 7) is 0.776. The Morgan fingerprint density at radius 2 is 2.20 bits per heavy atom. The minimum atomic E-state index is -0.141. The van der Waals surface area contributed by atoms with Crippen molar-refractivity contribution in [3.63, 3.8) is 0 Å². The number of aliphatic hydroxyl groups excluding tert-OH is 1. The second-order valence-electron chi connectivity index (χ2n) is 2.93. The van der Waals surface area contributed by atoms with Crippen LogP contribution < -0.4 is 4.74 Å². The third kappa shape index (κ3) is 3.24. The molecule has 0 amide bonds. The van der Waals surface area contributed by atoms with Gasteiger partial charge in [0.1, 0.15) is 12.4 Å². The maximum atomic E-state index is 9.07. The highest BCUT2D eigenvalue weighted by Gasteiger charge is 2.03. The van der Waals surface area contributed by atoms with Crippen LogP contribution >= 0.6 is 0 Å². The fourth-order valence-electron chi connectivity index (χ4n) is 1.15. The summed E-state index contributed by atoms with van der Waals surface area (Å²) in [4.78, 5) is 0. The van der Waals surface area contributed by atoms with Crippen molar-refractivity contribution in [3.8, 4) is 11.8 Å². The van der Waals surface area contributed by atoms with Crippen LogP contribution in [-0.2, 0) is 11.3 Å². The second-order valence-corrected chi connectivity index (χ2v) is 2.93. The molecule has 0 atom stereocenters. The Labute approximate surface area is 88.7 Å². The van der Waals surface area contributed by atoms with Gasteiger partial charge >= 0.3 is 0 Å².